The van der Waals surface area contributed by atoms with Gasteiger partial charge in [-0.05, 0) is 96.8 Å². The molecule has 49 heavy (non-hydrogen) atoms. The summed E-state index contributed by atoms with van der Waals surface area (Å²) in [5, 5.41) is 6.80. The summed E-state index contributed by atoms with van der Waals surface area (Å²) in [6.45, 7) is 0. The molecule has 1 heterocycles. The van der Waals surface area contributed by atoms with E-state index in [2.05, 4.69) is 115 Å². The van der Waals surface area contributed by atoms with Crippen LogP contribution < -0.4 is 4.90 Å². The van der Waals surface area contributed by atoms with Gasteiger partial charge in [-0.25, -0.2) is 4.90 Å². The number of imide groups is 1. The van der Waals surface area contributed by atoms with Gasteiger partial charge in [0.05, 0.1) is 22.9 Å². The minimum absolute atomic E-state index is 0.0236. The van der Waals surface area contributed by atoms with Crippen molar-refractivity contribution >= 4 is 73.0 Å². The number of carbonyl (C=O) groups excluding carboxylic acids is 2. The van der Waals surface area contributed by atoms with Crippen molar-refractivity contribution in [2.24, 2.45) is 11.8 Å². The number of nitrogens with zero attached hydrogens (tertiary/aromatic N) is 1. The topological polar surface area (TPSA) is 37.4 Å². The molecule has 2 aliphatic carbocycles. The van der Waals surface area contributed by atoms with Crippen LogP contribution in [0.4, 0.5) is 5.69 Å². The number of benzene rings is 7. The van der Waals surface area contributed by atoms with Gasteiger partial charge >= 0.3 is 0 Å². The van der Waals surface area contributed by atoms with Crippen LogP contribution in [0.2, 0.25) is 0 Å². The smallest absolute Gasteiger partial charge is 0.238 e. The number of hydrogen-bond donors (Lipinski definition) is 0. The molecular weight excluding hydrogens is 645 g/mol. The van der Waals surface area contributed by atoms with Crippen molar-refractivity contribution in [2.75, 3.05) is 10.2 Å². The molecule has 4 atom stereocenters. The first-order chi connectivity index (χ1) is 24.1. The minimum atomic E-state index is -0.368. The van der Waals surface area contributed by atoms with Gasteiger partial charge in [-0.15, -0.1) is 23.2 Å². The van der Waals surface area contributed by atoms with E-state index in [0.29, 0.717) is 5.69 Å². The highest BCUT2D eigenvalue weighted by Gasteiger charge is 2.64. The van der Waals surface area contributed by atoms with E-state index >= 15 is 0 Å². The number of halogens is 2. The second-order valence-corrected chi connectivity index (χ2v) is 14.0. The number of fused-ring (bicyclic) bond motifs is 11. The number of amides is 2. The molecule has 2 amide bonds. The Bertz CT molecular complexity index is 2330. The molecule has 10 rings (SSSR count). The lowest BCUT2D eigenvalue weighted by Gasteiger charge is -2.30. The minimum Gasteiger partial charge on any atom is -0.274 e. The van der Waals surface area contributed by atoms with Crippen LogP contribution in [0.25, 0.3) is 54.6 Å². The molecule has 7 aromatic rings. The Labute approximate surface area is 294 Å². The van der Waals surface area contributed by atoms with Crippen LogP contribution in [-0.4, -0.2) is 17.2 Å². The maximum Gasteiger partial charge on any atom is 0.238 e. The Morgan fingerprint density at radius 2 is 0.959 bits per heavy atom. The number of anilines is 1. The molecule has 2 fully saturated rings. The second kappa shape index (κ2) is 11.9. The van der Waals surface area contributed by atoms with Crippen LogP contribution in [0.5, 0.6) is 0 Å². The first-order valence-corrected chi connectivity index (χ1v) is 17.8. The maximum atomic E-state index is 14.7. The Kier molecular flexibility index (Phi) is 7.30. The second-order valence-electron chi connectivity index (χ2n) is 13.2. The van der Waals surface area contributed by atoms with E-state index in [4.69, 9.17) is 23.2 Å². The van der Waals surface area contributed by atoms with Crippen LogP contribution in [0.15, 0.2) is 140 Å². The molecule has 0 unspecified atom stereocenters. The first kappa shape index (κ1) is 30.1. The van der Waals surface area contributed by atoms with Gasteiger partial charge in [0.25, 0.3) is 0 Å². The van der Waals surface area contributed by atoms with Crippen molar-refractivity contribution in [3.63, 3.8) is 0 Å². The van der Waals surface area contributed by atoms with E-state index < -0.39 is 0 Å². The molecule has 3 nitrogen and oxygen atoms in total. The van der Waals surface area contributed by atoms with Gasteiger partial charge in [0.1, 0.15) is 0 Å². The lowest BCUT2D eigenvalue weighted by atomic mass is 9.71. The monoisotopic (exact) mass is 675 g/mol. The van der Waals surface area contributed by atoms with E-state index in [1.807, 2.05) is 24.3 Å². The fourth-order valence-electron chi connectivity index (χ4n) is 9.18. The lowest BCUT2D eigenvalue weighted by molar-refractivity contribution is -0.122. The number of hydrogen-bond acceptors (Lipinski definition) is 2. The molecule has 7 aromatic carbocycles. The van der Waals surface area contributed by atoms with Gasteiger partial charge < -0.3 is 0 Å². The third kappa shape index (κ3) is 4.49. The Hall–Kier alpha value is -4.96. The molecule has 0 radical (unpaired) electrons. The number of carbonyl (C=O) groups is 2. The molecule has 1 saturated carbocycles. The summed E-state index contributed by atoms with van der Waals surface area (Å²) in [7, 11) is 0. The quantitative estimate of drug-likeness (QED) is 0.106. The normalized spacial score (nSPS) is 20.5. The van der Waals surface area contributed by atoms with E-state index in [9.17, 15) is 9.59 Å². The van der Waals surface area contributed by atoms with Crippen LogP contribution in [0, 0.1) is 11.8 Å². The van der Waals surface area contributed by atoms with E-state index in [1.165, 1.54) is 33.0 Å². The van der Waals surface area contributed by atoms with Gasteiger partial charge in [-0.1, -0.05) is 121 Å². The fourth-order valence-corrected chi connectivity index (χ4v) is 9.18. The highest BCUT2D eigenvalue weighted by Crippen LogP contribution is 2.67. The average Bonchev–Trinajstić information content (AvgIpc) is 3.79. The molecule has 238 valence electrons. The third-order valence-electron chi connectivity index (χ3n) is 10.9. The van der Waals surface area contributed by atoms with Crippen LogP contribution in [0.3, 0.4) is 0 Å². The molecular formula is C44H31Cl2NO2. The van der Waals surface area contributed by atoms with Crippen LogP contribution >= 0.6 is 23.2 Å². The molecule has 1 aliphatic heterocycles. The van der Waals surface area contributed by atoms with Crippen LogP contribution in [0.1, 0.15) is 29.4 Å². The summed E-state index contributed by atoms with van der Waals surface area (Å²) < 4.78 is 0. The predicted molar refractivity (Wildman–Crippen MR) is 202 cm³/mol. The number of rotatable bonds is 3. The summed E-state index contributed by atoms with van der Waals surface area (Å²) >= 11 is 9.53. The molecule has 1 saturated heterocycles. The summed E-state index contributed by atoms with van der Waals surface area (Å²) in [6, 6.07) is 48.4. The van der Waals surface area contributed by atoms with Crippen molar-refractivity contribution in [2.45, 2.75) is 18.3 Å². The van der Waals surface area contributed by atoms with Crippen molar-refractivity contribution in [1.82, 2.24) is 0 Å². The Balaban J connectivity index is 0.00000105. The zero-order valence-electron chi connectivity index (χ0n) is 26.5. The van der Waals surface area contributed by atoms with E-state index in [-0.39, 0.29) is 40.8 Å². The molecule has 3 aliphatic rings. The van der Waals surface area contributed by atoms with Crippen molar-refractivity contribution < 1.29 is 9.59 Å². The SMILES string of the molecule is ClCCl.O=C1[C@@H]2[C@H](C(=O)N1c1cccc3cc4ccccc4cc13)[C@H]1C[C@@H]2c2c1c(-c1ccccc1)c1ccccc1c2-c1ccccc1. The first-order valence-electron chi connectivity index (χ1n) is 16.7. The summed E-state index contributed by atoms with van der Waals surface area (Å²) in [5.74, 6) is -0.889. The lowest BCUT2D eigenvalue weighted by Crippen LogP contribution is -2.32. The standard InChI is InChI=1S/C43H29NO2.CH2Cl2/c45-42-40-33-24-34(41(40)43(46)44(42)35-21-11-18-29-22-27-16-7-8-17-28(27)23-32(29)35)39-37(26-14-5-2-6-15-26)31-20-10-9-19-30(31)36(38(33)39)25-12-3-1-4-13-25;2-1-3/h1-23,33-34,40-41H,24H2;1H2/t33-,34+,40+,41-;. The van der Waals surface area contributed by atoms with Gasteiger partial charge in [-0.2, -0.15) is 0 Å². The summed E-state index contributed by atoms with van der Waals surface area (Å²) in [5.41, 5.74) is 7.98. The zero-order valence-corrected chi connectivity index (χ0v) is 28.0. The molecule has 0 N–H and O–H groups in total. The Morgan fingerprint density at radius 3 is 1.49 bits per heavy atom. The fraction of sp³-hybridized carbons (Fsp3) is 0.136. The predicted octanol–water partition coefficient (Wildman–Crippen LogP) is 11.3. The van der Waals surface area contributed by atoms with Gasteiger partial charge in [0.15, 0.2) is 0 Å². The molecule has 2 bridgehead atoms. The molecule has 5 heteroatoms. The maximum absolute atomic E-state index is 14.7. The van der Waals surface area contributed by atoms with Crippen molar-refractivity contribution in [1.29, 1.82) is 0 Å². The van der Waals surface area contributed by atoms with Crippen LogP contribution in [-0.2, 0) is 9.59 Å². The average molecular weight is 677 g/mol. The summed E-state index contributed by atoms with van der Waals surface area (Å²) in [4.78, 5) is 30.9. The largest absolute Gasteiger partial charge is 0.274 e. The highest BCUT2D eigenvalue weighted by atomic mass is 35.5. The van der Waals surface area contributed by atoms with E-state index in [1.54, 1.807) is 4.90 Å². The third-order valence-corrected chi connectivity index (χ3v) is 10.9. The Morgan fingerprint density at radius 1 is 0.510 bits per heavy atom. The van der Waals surface area contributed by atoms with E-state index in [0.717, 1.165) is 39.1 Å². The zero-order chi connectivity index (χ0) is 33.2. The van der Waals surface area contributed by atoms with Crippen molar-refractivity contribution in [3.8, 4) is 22.3 Å². The molecule has 0 aromatic heterocycles. The van der Waals surface area contributed by atoms with Crippen molar-refractivity contribution in [3.05, 3.63) is 151 Å². The number of alkyl halides is 2. The highest BCUT2D eigenvalue weighted by molar-refractivity contribution is 6.40. The summed E-state index contributed by atoms with van der Waals surface area (Å²) in [6.07, 6.45) is 0.826. The van der Waals surface area contributed by atoms with Gasteiger partial charge in [0.2, 0.25) is 11.8 Å². The molecule has 0 spiro atoms. The van der Waals surface area contributed by atoms with Gasteiger partial charge in [-0.3, -0.25) is 9.59 Å². The van der Waals surface area contributed by atoms with Gasteiger partial charge in [0, 0.05) is 5.39 Å².